The summed E-state index contributed by atoms with van der Waals surface area (Å²) in [5, 5.41) is 1.43. The highest BCUT2D eigenvalue weighted by Crippen LogP contribution is 2.58. The van der Waals surface area contributed by atoms with Gasteiger partial charge in [-0.15, -0.1) is 11.3 Å². The highest BCUT2D eigenvalue weighted by molar-refractivity contribution is 7.33. The number of rotatable bonds is 2. The van der Waals surface area contributed by atoms with Gasteiger partial charge in [0.1, 0.15) is 0 Å². The van der Waals surface area contributed by atoms with Gasteiger partial charge in [-0.25, -0.2) is 0 Å². The van der Waals surface area contributed by atoms with Gasteiger partial charge in [0, 0.05) is 49.6 Å². The predicted octanol–water partition coefficient (Wildman–Crippen LogP) is 11.9. The normalized spacial score (nSPS) is 20.0. The van der Waals surface area contributed by atoms with Gasteiger partial charge in [-0.05, 0) is 129 Å². The zero-order chi connectivity index (χ0) is 37.6. The maximum absolute atomic E-state index is 2.89. The lowest BCUT2D eigenvalue weighted by Crippen LogP contribution is -2.62. The number of anilines is 5. The molecule has 5 aromatic carbocycles. The van der Waals surface area contributed by atoms with Crippen LogP contribution in [0, 0.1) is 6.92 Å². The van der Waals surface area contributed by atoms with Gasteiger partial charge >= 0.3 is 0 Å². The van der Waals surface area contributed by atoms with Gasteiger partial charge in [-0.2, -0.15) is 0 Å². The van der Waals surface area contributed by atoms with E-state index < -0.39 is 0 Å². The quantitative estimate of drug-likeness (QED) is 0.164. The van der Waals surface area contributed by atoms with Crippen LogP contribution >= 0.6 is 11.3 Å². The lowest BCUT2D eigenvalue weighted by molar-refractivity contribution is 0.581. The van der Waals surface area contributed by atoms with Crippen molar-refractivity contribution in [1.29, 1.82) is 0 Å². The van der Waals surface area contributed by atoms with Crippen LogP contribution in [-0.2, 0) is 16.2 Å². The van der Waals surface area contributed by atoms with E-state index in [1.165, 1.54) is 89.3 Å². The summed E-state index contributed by atoms with van der Waals surface area (Å²) in [4.78, 5) is 5.49. The maximum Gasteiger partial charge on any atom is 0.264 e. The molecule has 2 bridgehead atoms. The van der Waals surface area contributed by atoms with Gasteiger partial charge in [0.2, 0.25) is 0 Å². The highest BCUT2D eigenvalue weighted by atomic mass is 32.1. The summed E-state index contributed by atoms with van der Waals surface area (Å²) in [6.07, 6.45) is 2.46. The maximum atomic E-state index is 2.89. The molecule has 3 unspecified atom stereocenters. The number of aryl methyl sites for hydroxylation is 1. The van der Waals surface area contributed by atoms with E-state index in [0.717, 1.165) is 0 Å². The first-order chi connectivity index (χ1) is 25.6. The molecule has 272 valence electrons. The Morgan fingerprint density at radius 3 is 1.96 bits per heavy atom. The fourth-order valence-corrected chi connectivity index (χ4v) is 11.7. The number of fused-ring (bicyclic) bond motifs is 11. The zero-order valence-corrected chi connectivity index (χ0v) is 34.6. The minimum absolute atomic E-state index is 0.0341. The Morgan fingerprint density at radius 2 is 1.26 bits per heavy atom. The fraction of sp³-hybridized carbons (Fsp3) is 0.360. The Morgan fingerprint density at radius 1 is 0.630 bits per heavy atom. The third-order valence-corrected chi connectivity index (χ3v) is 14.5. The first-order valence-corrected chi connectivity index (χ1v) is 21.0. The van der Waals surface area contributed by atoms with Gasteiger partial charge in [0.05, 0.1) is 5.69 Å². The second kappa shape index (κ2) is 11.4. The second-order valence-electron chi connectivity index (χ2n) is 19.9. The molecule has 0 saturated heterocycles. The molecule has 3 atom stereocenters. The van der Waals surface area contributed by atoms with Gasteiger partial charge < -0.3 is 9.80 Å². The van der Waals surface area contributed by atoms with E-state index in [4.69, 9.17) is 0 Å². The van der Waals surface area contributed by atoms with Crippen molar-refractivity contribution in [3.8, 4) is 0 Å². The van der Waals surface area contributed by atoms with E-state index in [1.807, 2.05) is 11.3 Å². The largest absolute Gasteiger partial charge is 0.337 e. The average Bonchev–Trinajstić information content (AvgIpc) is 3.82. The van der Waals surface area contributed by atoms with Crippen LogP contribution in [0.2, 0.25) is 0 Å². The molecule has 3 heterocycles. The molecule has 1 fully saturated rings. The van der Waals surface area contributed by atoms with Crippen molar-refractivity contribution in [2.75, 3.05) is 9.80 Å². The fourth-order valence-electron chi connectivity index (χ4n) is 10.4. The van der Waals surface area contributed by atoms with Crippen molar-refractivity contribution in [2.45, 2.75) is 116 Å². The topological polar surface area (TPSA) is 6.48 Å². The molecule has 0 N–H and O–H groups in total. The molecule has 2 nitrogen and oxygen atoms in total. The van der Waals surface area contributed by atoms with E-state index in [2.05, 4.69) is 176 Å². The molecule has 2 aliphatic heterocycles. The van der Waals surface area contributed by atoms with Crippen LogP contribution < -0.4 is 25.5 Å². The summed E-state index contributed by atoms with van der Waals surface area (Å²) in [5.74, 6) is 1.15. The van der Waals surface area contributed by atoms with E-state index in [-0.39, 0.29) is 23.0 Å². The third kappa shape index (κ3) is 4.97. The summed E-state index contributed by atoms with van der Waals surface area (Å²) in [7, 11) is 0. The Kier molecular flexibility index (Phi) is 7.22. The Hall–Kier alpha value is -4.28. The Bertz CT molecular complexity index is 2500. The van der Waals surface area contributed by atoms with Crippen molar-refractivity contribution in [3.63, 3.8) is 0 Å². The average molecular weight is 725 g/mol. The monoisotopic (exact) mass is 724 g/mol. The van der Waals surface area contributed by atoms with Crippen LogP contribution in [0.25, 0.3) is 10.1 Å². The van der Waals surface area contributed by atoms with Crippen molar-refractivity contribution in [3.05, 3.63) is 130 Å². The van der Waals surface area contributed by atoms with Crippen LogP contribution in [0.15, 0.2) is 97.1 Å². The number of benzene rings is 5. The standard InChI is InChI=1S/C50H53BN2S/c1-29-23-42-45-43(24-29)53(41-26-30-25-37(41)36-14-12-11-13-35(30)36)46-38-27-32(49(5,6)7)18-22-44(38)54-47(46)51(45)39-28-33(50(8,9)10)17-21-40(39)52(42)34-19-15-31(16-20-34)48(2,3)4/h11-24,27-28,30,37,41H,25-26H2,1-10H3. The van der Waals surface area contributed by atoms with E-state index in [1.54, 1.807) is 11.1 Å². The van der Waals surface area contributed by atoms with Crippen LogP contribution in [0.3, 0.4) is 0 Å². The molecular weight excluding hydrogens is 671 g/mol. The summed E-state index contributed by atoms with van der Waals surface area (Å²) >= 11 is 2.05. The molecular formula is C50H53BN2S. The molecule has 4 heteroatoms. The van der Waals surface area contributed by atoms with Crippen LogP contribution in [0.4, 0.5) is 28.4 Å². The molecule has 10 rings (SSSR count). The minimum atomic E-state index is 0.0341. The molecule has 0 spiro atoms. The number of nitrogens with zero attached hydrogens (tertiary/aromatic N) is 2. The molecule has 6 aromatic rings. The predicted molar refractivity (Wildman–Crippen MR) is 236 cm³/mol. The van der Waals surface area contributed by atoms with Gasteiger partial charge in [-0.3, -0.25) is 0 Å². The summed E-state index contributed by atoms with van der Waals surface area (Å²) in [6, 6.07) is 39.0. The first-order valence-electron chi connectivity index (χ1n) is 20.2. The lowest BCUT2D eigenvalue weighted by atomic mass is 9.36. The molecule has 54 heavy (non-hydrogen) atoms. The summed E-state index contributed by atoms with van der Waals surface area (Å²) < 4.78 is 2.92. The second-order valence-corrected chi connectivity index (χ2v) is 21.0. The van der Waals surface area contributed by atoms with Gasteiger partial charge in [-0.1, -0.05) is 117 Å². The van der Waals surface area contributed by atoms with Gasteiger partial charge in [0.25, 0.3) is 6.71 Å². The lowest BCUT2D eigenvalue weighted by Gasteiger charge is -2.47. The number of hydrogen-bond donors (Lipinski definition) is 0. The van der Waals surface area contributed by atoms with Crippen molar-refractivity contribution >= 4 is 72.3 Å². The van der Waals surface area contributed by atoms with E-state index in [0.29, 0.717) is 17.9 Å². The molecule has 1 saturated carbocycles. The van der Waals surface area contributed by atoms with E-state index >= 15 is 0 Å². The Balaban J connectivity index is 1.28. The molecule has 2 aliphatic carbocycles. The SMILES string of the molecule is Cc1cc2c3c(c1)N(C1CC4CC1c1ccccc14)c1c(sc4ccc(C(C)(C)C)cc14)B3c1cc(C(C)(C)C)ccc1N2c1ccc(C(C)(C)C)cc1. The van der Waals surface area contributed by atoms with Crippen molar-refractivity contribution in [2.24, 2.45) is 0 Å². The third-order valence-electron chi connectivity index (χ3n) is 13.3. The van der Waals surface area contributed by atoms with Crippen LogP contribution in [0.1, 0.15) is 120 Å². The van der Waals surface area contributed by atoms with Gasteiger partial charge in [0.15, 0.2) is 0 Å². The zero-order valence-electron chi connectivity index (χ0n) is 33.8. The minimum Gasteiger partial charge on any atom is -0.337 e. The molecule has 0 radical (unpaired) electrons. The Labute approximate surface area is 327 Å². The first kappa shape index (κ1) is 34.2. The summed E-state index contributed by atoms with van der Waals surface area (Å²) in [5.41, 5.74) is 18.5. The van der Waals surface area contributed by atoms with E-state index in [9.17, 15) is 0 Å². The van der Waals surface area contributed by atoms with Crippen LogP contribution in [-0.4, -0.2) is 12.8 Å². The molecule has 4 aliphatic rings. The number of thiophene rings is 1. The smallest absolute Gasteiger partial charge is 0.264 e. The summed E-state index contributed by atoms with van der Waals surface area (Å²) in [6.45, 7) is 23.6. The molecule has 0 amide bonds. The van der Waals surface area contributed by atoms with Crippen molar-refractivity contribution < 1.29 is 0 Å². The van der Waals surface area contributed by atoms with Crippen LogP contribution in [0.5, 0.6) is 0 Å². The highest BCUT2D eigenvalue weighted by Gasteiger charge is 2.52. The van der Waals surface area contributed by atoms with Crippen molar-refractivity contribution in [1.82, 2.24) is 0 Å². The number of hydrogen-bond acceptors (Lipinski definition) is 3. The molecule has 1 aromatic heterocycles.